The van der Waals surface area contributed by atoms with Crippen molar-refractivity contribution < 1.29 is 27.5 Å². The molecule has 0 fully saturated rings. The Morgan fingerprint density at radius 2 is 2.00 bits per heavy atom. The highest BCUT2D eigenvalue weighted by atomic mass is 79.9. The monoisotopic (exact) mass is 354 g/mol. The van der Waals surface area contributed by atoms with Crippen LogP contribution in [0.2, 0.25) is 0 Å². The third-order valence-corrected chi connectivity index (χ3v) is 2.81. The molecule has 0 spiro atoms. The maximum atomic E-state index is 12.1. The minimum Gasteiger partial charge on any atom is -0.405 e. The van der Waals surface area contributed by atoms with Crippen molar-refractivity contribution >= 4 is 27.7 Å². The number of halogens is 4. The average molecular weight is 355 g/mol. The fourth-order valence-electron chi connectivity index (χ4n) is 1.20. The summed E-state index contributed by atoms with van der Waals surface area (Å²) in [5, 5.41) is 2.29. The van der Waals surface area contributed by atoms with Crippen molar-refractivity contribution in [3.63, 3.8) is 0 Å². The summed E-state index contributed by atoms with van der Waals surface area (Å²) in [6, 6.07) is 2.37. The minimum absolute atomic E-state index is 0.0470. The van der Waals surface area contributed by atoms with Crippen LogP contribution in [0.25, 0.3) is 0 Å². The summed E-state index contributed by atoms with van der Waals surface area (Å²) in [5.74, 6) is -1.85. The zero-order valence-electron chi connectivity index (χ0n) is 10.1. The second kappa shape index (κ2) is 6.12. The van der Waals surface area contributed by atoms with Gasteiger partial charge in [-0.1, -0.05) is 0 Å². The number of ether oxygens (including phenoxy) is 1. The normalized spacial score (nSPS) is 12.7. The van der Waals surface area contributed by atoms with Gasteiger partial charge in [0.25, 0.3) is 5.91 Å². The molecule has 0 aliphatic carbocycles. The van der Waals surface area contributed by atoms with Gasteiger partial charge in [-0.15, -0.1) is 13.2 Å². The number of primary amides is 1. The lowest BCUT2D eigenvalue weighted by Crippen LogP contribution is -2.42. The Labute approximate surface area is 120 Å². The van der Waals surface area contributed by atoms with Gasteiger partial charge in [-0.05, 0) is 41.1 Å². The van der Waals surface area contributed by atoms with Crippen LogP contribution in [0, 0.1) is 0 Å². The lowest BCUT2D eigenvalue weighted by atomic mass is 10.2. The number of benzene rings is 1. The maximum absolute atomic E-state index is 12.1. The van der Waals surface area contributed by atoms with E-state index in [0.717, 1.165) is 18.2 Å². The molecule has 1 aromatic rings. The van der Waals surface area contributed by atoms with Gasteiger partial charge in [-0.3, -0.25) is 9.59 Å². The zero-order valence-corrected chi connectivity index (χ0v) is 11.7. The van der Waals surface area contributed by atoms with E-state index in [1.54, 1.807) is 0 Å². The second-order valence-electron chi connectivity index (χ2n) is 3.79. The van der Waals surface area contributed by atoms with Crippen LogP contribution in [0.3, 0.4) is 0 Å². The van der Waals surface area contributed by atoms with Crippen molar-refractivity contribution in [2.75, 3.05) is 0 Å². The van der Waals surface area contributed by atoms with Gasteiger partial charge in [-0.2, -0.15) is 0 Å². The second-order valence-corrected chi connectivity index (χ2v) is 4.64. The Bertz CT molecular complexity index is 534. The highest BCUT2D eigenvalue weighted by Gasteiger charge is 2.32. The molecular formula is C11H10BrF3N2O3. The van der Waals surface area contributed by atoms with E-state index >= 15 is 0 Å². The summed E-state index contributed by atoms with van der Waals surface area (Å²) >= 11 is 2.87. The summed E-state index contributed by atoms with van der Waals surface area (Å²) in [4.78, 5) is 22.5. The van der Waals surface area contributed by atoms with Crippen molar-refractivity contribution in [2.45, 2.75) is 19.3 Å². The van der Waals surface area contributed by atoms with E-state index in [1.807, 2.05) is 0 Å². The van der Waals surface area contributed by atoms with E-state index in [2.05, 4.69) is 26.0 Å². The number of rotatable bonds is 4. The molecule has 0 heterocycles. The molecule has 1 atom stereocenters. The smallest absolute Gasteiger partial charge is 0.405 e. The van der Waals surface area contributed by atoms with Crippen LogP contribution in [-0.2, 0) is 4.79 Å². The van der Waals surface area contributed by atoms with Gasteiger partial charge < -0.3 is 15.8 Å². The summed E-state index contributed by atoms with van der Waals surface area (Å²) in [7, 11) is 0. The molecule has 1 aromatic carbocycles. The van der Waals surface area contributed by atoms with Crippen LogP contribution in [0.5, 0.6) is 5.75 Å². The first-order valence-electron chi connectivity index (χ1n) is 5.25. The molecule has 110 valence electrons. The largest absolute Gasteiger partial charge is 0.573 e. The van der Waals surface area contributed by atoms with Crippen molar-refractivity contribution in [2.24, 2.45) is 5.73 Å². The van der Waals surface area contributed by atoms with Crippen molar-refractivity contribution in [1.82, 2.24) is 5.32 Å². The predicted octanol–water partition coefficient (Wildman–Crippen LogP) is 1.95. The molecule has 0 radical (unpaired) electrons. The Kier molecular flexibility index (Phi) is 4.98. The minimum atomic E-state index is -4.83. The van der Waals surface area contributed by atoms with Gasteiger partial charge >= 0.3 is 6.36 Å². The molecule has 5 nitrogen and oxygen atoms in total. The first kappa shape index (κ1) is 16.3. The van der Waals surface area contributed by atoms with Crippen molar-refractivity contribution in [3.05, 3.63) is 28.2 Å². The van der Waals surface area contributed by atoms with Gasteiger partial charge in [0.05, 0.1) is 4.47 Å². The molecule has 0 aliphatic rings. The van der Waals surface area contributed by atoms with E-state index in [0.29, 0.717) is 0 Å². The fourth-order valence-corrected chi connectivity index (χ4v) is 1.66. The van der Waals surface area contributed by atoms with Gasteiger partial charge in [0, 0.05) is 5.56 Å². The molecule has 0 saturated heterocycles. The van der Waals surface area contributed by atoms with Crippen LogP contribution < -0.4 is 15.8 Å². The standard InChI is InChI=1S/C11H10BrF3N2O3/c1-5(9(16)18)17-10(19)6-2-3-8(7(12)4-6)20-11(13,14)15/h2-5H,1H3,(H2,16,18)(H,17,19). The van der Waals surface area contributed by atoms with Gasteiger partial charge in [0.1, 0.15) is 11.8 Å². The number of nitrogens with one attached hydrogen (secondary N) is 1. The third kappa shape index (κ3) is 4.72. The number of hydrogen-bond acceptors (Lipinski definition) is 3. The molecule has 3 N–H and O–H groups in total. The Morgan fingerprint density at radius 3 is 2.45 bits per heavy atom. The highest BCUT2D eigenvalue weighted by Crippen LogP contribution is 2.31. The first-order valence-corrected chi connectivity index (χ1v) is 6.05. The van der Waals surface area contributed by atoms with Crippen LogP contribution in [0.4, 0.5) is 13.2 Å². The lowest BCUT2D eigenvalue weighted by Gasteiger charge is -2.13. The first-order chi connectivity index (χ1) is 9.10. The van der Waals surface area contributed by atoms with E-state index < -0.39 is 30.0 Å². The molecule has 0 aliphatic heterocycles. The van der Waals surface area contributed by atoms with Crippen LogP contribution in [0.1, 0.15) is 17.3 Å². The summed E-state index contributed by atoms with van der Waals surface area (Å²) in [5.41, 5.74) is 5.03. The van der Waals surface area contributed by atoms with Crippen molar-refractivity contribution in [1.29, 1.82) is 0 Å². The Hall–Kier alpha value is -1.77. The number of alkyl halides is 3. The predicted molar refractivity (Wildman–Crippen MR) is 66.9 cm³/mol. The van der Waals surface area contributed by atoms with E-state index in [9.17, 15) is 22.8 Å². The van der Waals surface area contributed by atoms with Crippen molar-refractivity contribution in [3.8, 4) is 5.75 Å². The molecule has 2 amide bonds. The number of hydrogen-bond donors (Lipinski definition) is 2. The number of carbonyl (C=O) groups excluding carboxylic acids is 2. The number of amides is 2. The molecule has 9 heteroatoms. The van der Waals surface area contributed by atoms with E-state index in [4.69, 9.17) is 5.73 Å². The molecular weight excluding hydrogens is 345 g/mol. The van der Waals surface area contributed by atoms with Crippen LogP contribution in [-0.4, -0.2) is 24.2 Å². The number of carbonyl (C=O) groups is 2. The molecule has 0 aromatic heterocycles. The molecule has 20 heavy (non-hydrogen) atoms. The molecule has 1 unspecified atom stereocenters. The topological polar surface area (TPSA) is 81.4 Å². The third-order valence-electron chi connectivity index (χ3n) is 2.19. The summed E-state index contributed by atoms with van der Waals surface area (Å²) in [6.45, 7) is 1.39. The van der Waals surface area contributed by atoms with E-state index in [-0.39, 0.29) is 10.0 Å². The molecule has 0 saturated carbocycles. The molecule has 0 bridgehead atoms. The quantitative estimate of drug-likeness (QED) is 0.866. The SMILES string of the molecule is CC(NC(=O)c1ccc(OC(F)(F)F)c(Br)c1)C(N)=O. The summed E-state index contributed by atoms with van der Waals surface area (Å²) < 4.78 is 39.9. The number of nitrogens with two attached hydrogens (primary N) is 1. The maximum Gasteiger partial charge on any atom is 0.573 e. The van der Waals surface area contributed by atoms with Crippen LogP contribution >= 0.6 is 15.9 Å². The summed E-state index contributed by atoms with van der Waals surface area (Å²) in [6.07, 6.45) is -4.83. The Balaban J connectivity index is 2.87. The fraction of sp³-hybridized carbons (Fsp3) is 0.273. The van der Waals surface area contributed by atoms with Gasteiger partial charge in [0.15, 0.2) is 0 Å². The lowest BCUT2D eigenvalue weighted by molar-refractivity contribution is -0.274. The van der Waals surface area contributed by atoms with Gasteiger partial charge in [-0.25, -0.2) is 0 Å². The average Bonchev–Trinajstić information content (AvgIpc) is 2.29. The molecule has 1 rings (SSSR count). The highest BCUT2D eigenvalue weighted by molar-refractivity contribution is 9.10. The Morgan fingerprint density at radius 1 is 1.40 bits per heavy atom. The zero-order chi connectivity index (χ0) is 15.5. The van der Waals surface area contributed by atoms with Crippen LogP contribution in [0.15, 0.2) is 22.7 Å². The van der Waals surface area contributed by atoms with E-state index in [1.165, 1.54) is 6.92 Å². The van der Waals surface area contributed by atoms with Gasteiger partial charge in [0.2, 0.25) is 5.91 Å².